The van der Waals surface area contributed by atoms with Crippen LogP contribution in [0, 0.1) is 11.3 Å². The molecule has 3 aromatic rings. The highest BCUT2D eigenvalue weighted by Crippen LogP contribution is 2.30. The predicted molar refractivity (Wildman–Crippen MR) is 113 cm³/mol. The highest BCUT2D eigenvalue weighted by Gasteiger charge is 2.23. The van der Waals surface area contributed by atoms with Crippen molar-refractivity contribution in [2.24, 2.45) is 0 Å². The second kappa shape index (κ2) is 8.16. The SMILES string of the molecule is N#CC(=Cc1ccc(-c2ccc(Cl)c(Cl)c2)o1)C(=O)N1CCc2ccccc2C1. The van der Waals surface area contributed by atoms with E-state index in [0.717, 1.165) is 17.5 Å². The predicted octanol–water partition coefficient (Wildman–Crippen LogP) is 5.75. The zero-order chi connectivity index (χ0) is 20.4. The number of rotatable bonds is 3. The average molecular weight is 423 g/mol. The summed E-state index contributed by atoms with van der Waals surface area (Å²) in [5.41, 5.74) is 3.16. The van der Waals surface area contributed by atoms with E-state index in [1.807, 2.05) is 24.3 Å². The van der Waals surface area contributed by atoms with Crippen LogP contribution in [0.5, 0.6) is 0 Å². The fourth-order valence-electron chi connectivity index (χ4n) is 3.36. The molecule has 4 rings (SSSR count). The van der Waals surface area contributed by atoms with E-state index in [2.05, 4.69) is 6.07 Å². The second-order valence-corrected chi connectivity index (χ2v) is 7.56. The Bertz CT molecular complexity index is 1160. The summed E-state index contributed by atoms with van der Waals surface area (Å²) in [5, 5.41) is 10.4. The third-order valence-corrected chi connectivity index (χ3v) is 5.63. The van der Waals surface area contributed by atoms with Gasteiger partial charge in [0.25, 0.3) is 5.91 Å². The van der Waals surface area contributed by atoms with Crippen molar-refractivity contribution in [1.82, 2.24) is 4.90 Å². The monoisotopic (exact) mass is 422 g/mol. The van der Waals surface area contributed by atoms with Crippen LogP contribution in [0.2, 0.25) is 10.0 Å². The van der Waals surface area contributed by atoms with Crippen molar-refractivity contribution in [2.75, 3.05) is 6.54 Å². The van der Waals surface area contributed by atoms with Crippen molar-refractivity contribution in [3.05, 3.63) is 87.1 Å². The number of carbonyl (C=O) groups excluding carboxylic acids is 1. The van der Waals surface area contributed by atoms with Crippen LogP contribution in [0.4, 0.5) is 0 Å². The van der Waals surface area contributed by atoms with Gasteiger partial charge in [-0.3, -0.25) is 4.79 Å². The molecule has 0 N–H and O–H groups in total. The van der Waals surface area contributed by atoms with Crippen LogP contribution in [-0.4, -0.2) is 17.4 Å². The lowest BCUT2D eigenvalue weighted by Crippen LogP contribution is -2.36. The lowest BCUT2D eigenvalue weighted by molar-refractivity contribution is -0.127. The summed E-state index contributed by atoms with van der Waals surface area (Å²) >= 11 is 12.0. The minimum absolute atomic E-state index is 0.0411. The van der Waals surface area contributed by atoms with Crippen molar-refractivity contribution in [2.45, 2.75) is 13.0 Å². The number of hydrogen-bond donors (Lipinski definition) is 0. The fraction of sp³-hybridized carbons (Fsp3) is 0.130. The number of nitrogens with zero attached hydrogens (tertiary/aromatic N) is 2. The van der Waals surface area contributed by atoms with Gasteiger partial charge in [-0.25, -0.2) is 0 Å². The van der Waals surface area contributed by atoms with Gasteiger partial charge in [0.15, 0.2) is 0 Å². The summed E-state index contributed by atoms with van der Waals surface area (Å²) in [7, 11) is 0. The van der Waals surface area contributed by atoms with E-state index in [0.29, 0.717) is 34.7 Å². The molecular weight excluding hydrogens is 407 g/mol. The quantitative estimate of drug-likeness (QED) is 0.399. The van der Waals surface area contributed by atoms with Crippen LogP contribution in [0.1, 0.15) is 16.9 Å². The molecule has 0 aliphatic carbocycles. The van der Waals surface area contributed by atoms with Crippen molar-refractivity contribution >= 4 is 35.2 Å². The summed E-state index contributed by atoms with van der Waals surface area (Å²) in [5.74, 6) is 0.703. The van der Waals surface area contributed by atoms with Gasteiger partial charge in [0.05, 0.1) is 10.0 Å². The molecule has 0 unspecified atom stereocenters. The van der Waals surface area contributed by atoms with Crippen molar-refractivity contribution in [1.29, 1.82) is 5.26 Å². The van der Waals surface area contributed by atoms with E-state index in [4.69, 9.17) is 27.6 Å². The third-order valence-electron chi connectivity index (χ3n) is 4.89. The van der Waals surface area contributed by atoms with Crippen LogP contribution in [0.3, 0.4) is 0 Å². The Labute approximate surface area is 178 Å². The lowest BCUT2D eigenvalue weighted by Gasteiger charge is -2.28. The van der Waals surface area contributed by atoms with E-state index >= 15 is 0 Å². The molecule has 4 nitrogen and oxygen atoms in total. The molecule has 29 heavy (non-hydrogen) atoms. The Kier molecular flexibility index (Phi) is 5.44. The number of carbonyl (C=O) groups is 1. The van der Waals surface area contributed by atoms with Crippen molar-refractivity contribution in [3.63, 3.8) is 0 Å². The Hall–Kier alpha value is -3.00. The maximum Gasteiger partial charge on any atom is 0.264 e. The van der Waals surface area contributed by atoms with Gasteiger partial charge in [0.1, 0.15) is 23.2 Å². The molecule has 0 spiro atoms. The number of furan rings is 1. The van der Waals surface area contributed by atoms with E-state index in [1.165, 1.54) is 11.6 Å². The lowest BCUT2D eigenvalue weighted by atomic mass is 9.99. The molecule has 0 saturated carbocycles. The third kappa shape index (κ3) is 4.07. The molecule has 6 heteroatoms. The van der Waals surface area contributed by atoms with Crippen LogP contribution < -0.4 is 0 Å². The molecule has 0 radical (unpaired) electrons. The first-order valence-electron chi connectivity index (χ1n) is 9.08. The molecule has 0 atom stereocenters. The van der Waals surface area contributed by atoms with Gasteiger partial charge < -0.3 is 9.32 Å². The number of halogens is 2. The van der Waals surface area contributed by atoms with Crippen LogP contribution in [-0.2, 0) is 17.8 Å². The zero-order valence-electron chi connectivity index (χ0n) is 15.4. The Morgan fingerprint density at radius 1 is 1.07 bits per heavy atom. The van der Waals surface area contributed by atoms with Gasteiger partial charge in [-0.15, -0.1) is 0 Å². The zero-order valence-corrected chi connectivity index (χ0v) is 16.9. The molecule has 2 aromatic carbocycles. The average Bonchev–Trinajstić information content (AvgIpc) is 3.21. The molecule has 2 heterocycles. The van der Waals surface area contributed by atoms with Crippen molar-refractivity contribution < 1.29 is 9.21 Å². The maximum atomic E-state index is 12.9. The van der Waals surface area contributed by atoms with Crippen LogP contribution in [0.15, 0.2) is 64.6 Å². The van der Waals surface area contributed by atoms with Crippen LogP contribution >= 0.6 is 23.2 Å². The Morgan fingerprint density at radius 2 is 1.86 bits per heavy atom. The molecule has 144 valence electrons. The Balaban J connectivity index is 1.55. The Morgan fingerprint density at radius 3 is 2.62 bits per heavy atom. The fourth-order valence-corrected chi connectivity index (χ4v) is 3.66. The summed E-state index contributed by atoms with van der Waals surface area (Å²) in [6, 6.07) is 18.7. The molecule has 1 amide bonds. The number of hydrogen-bond acceptors (Lipinski definition) is 3. The smallest absolute Gasteiger partial charge is 0.264 e. The molecule has 0 fully saturated rings. The molecule has 0 bridgehead atoms. The van der Waals surface area contributed by atoms with E-state index in [-0.39, 0.29) is 11.5 Å². The van der Waals surface area contributed by atoms with E-state index in [1.54, 1.807) is 35.2 Å². The topological polar surface area (TPSA) is 57.2 Å². The number of benzene rings is 2. The first kappa shape index (κ1) is 19.3. The number of nitriles is 1. The highest BCUT2D eigenvalue weighted by atomic mass is 35.5. The number of amides is 1. The van der Waals surface area contributed by atoms with Gasteiger partial charge in [-0.2, -0.15) is 5.26 Å². The molecule has 1 aliphatic heterocycles. The summed E-state index contributed by atoms with van der Waals surface area (Å²) in [6.07, 6.45) is 2.26. The first-order chi connectivity index (χ1) is 14.0. The first-order valence-corrected chi connectivity index (χ1v) is 9.84. The van der Waals surface area contributed by atoms with Gasteiger partial charge in [0, 0.05) is 24.7 Å². The van der Waals surface area contributed by atoms with Gasteiger partial charge >= 0.3 is 0 Å². The second-order valence-electron chi connectivity index (χ2n) is 6.75. The molecule has 1 aliphatic rings. The van der Waals surface area contributed by atoms with E-state index < -0.39 is 0 Å². The molecule has 1 aromatic heterocycles. The molecular formula is C23H16Cl2N2O2. The van der Waals surface area contributed by atoms with E-state index in [9.17, 15) is 10.1 Å². The van der Waals surface area contributed by atoms with Crippen molar-refractivity contribution in [3.8, 4) is 17.4 Å². The van der Waals surface area contributed by atoms with Crippen LogP contribution in [0.25, 0.3) is 17.4 Å². The van der Waals surface area contributed by atoms with Gasteiger partial charge in [-0.1, -0.05) is 47.5 Å². The normalized spacial score (nSPS) is 13.7. The molecule has 0 saturated heterocycles. The maximum absolute atomic E-state index is 12.9. The summed E-state index contributed by atoms with van der Waals surface area (Å²) in [4.78, 5) is 14.6. The van der Waals surface area contributed by atoms with Gasteiger partial charge in [0.2, 0.25) is 0 Å². The standard InChI is InChI=1S/C23H16Cl2N2O2/c24-20-7-5-16(12-21(20)25)22-8-6-19(29-22)11-18(13-26)23(28)27-10-9-15-3-1-2-4-17(15)14-27/h1-8,11-12H,9-10,14H2. The summed E-state index contributed by atoms with van der Waals surface area (Å²) < 4.78 is 5.79. The number of fused-ring (bicyclic) bond motifs is 1. The minimum Gasteiger partial charge on any atom is -0.457 e. The van der Waals surface area contributed by atoms with Gasteiger partial charge in [-0.05, 0) is 47.9 Å². The highest BCUT2D eigenvalue weighted by molar-refractivity contribution is 6.42. The minimum atomic E-state index is -0.297. The summed E-state index contributed by atoms with van der Waals surface area (Å²) in [6.45, 7) is 1.09. The largest absolute Gasteiger partial charge is 0.457 e.